The van der Waals surface area contributed by atoms with E-state index in [2.05, 4.69) is 76.3 Å². The van der Waals surface area contributed by atoms with Crippen molar-refractivity contribution >= 4 is 15.9 Å². The lowest BCUT2D eigenvalue weighted by Crippen LogP contribution is -2.39. The molecule has 0 spiro atoms. The quantitative estimate of drug-likeness (QED) is 0.877. The molecule has 3 nitrogen and oxygen atoms in total. The van der Waals surface area contributed by atoms with Gasteiger partial charge in [0.25, 0.3) is 0 Å². The van der Waals surface area contributed by atoms with E-state index in [0.29, 0.717) is 12.1 Å². The third-order valence-electron chi connectivity index (χ3n) is 4.52. The Balaban J connectivity index is 1.95. The normalized spacial score (nSPS) is 23.0. The van der Waals surface area contributed by atoms with E-state index in [1.165, 1.54) is 36.1 Å². The highest BCUT2D eigenvalue weighted by Crippen LogP contribution is 2.25. The van der Waals surface area contributed by atoms with E-state index in [9.17, 15) is 0 Å². The highest BCUT2D eigenvalue weighted by atomic mass is 79.9. The molecule has 1 aromatic rings. The monoisotopic (exact) mass is 353 g/mol. The van der Waals surface area contributed by atoms with Crippen molar-refractivity contribution in [3.63, 3.8) is 0 Å². The fraction of sp³-hybridized carbons (Fsp3) is 0.647. The Morgan fingerprint density at radius 1 is 1.33 bits per heavy atom. The third-order valence-corrected chi connectivity index (χ3v) is 5.24. The van der Waals surface area contributed by atoms with Gasteiger partial charge in [0, 0.05) is 29.6 Å². The molecular weight excluding hydrogens is 326 g/mol. The minimum absolute atomic E-state index is 0.411. The summed E-state index contributed by atoms with van der Waals surface area (Å²) in [5, 5.41) is 3.47. The van der Waals surface area contributed by atoms with Crippen LogP contribution in [0.15, 0.2) is 28.7 Å². The maximum Gasteiger partial charge on any atom is 0.0340 e. The first-order chi connectivity index (χ1) is 10.1. The smallest absolute Gasteiger partial charge is 0.0340 e. The Morgan fingerprint density at radius 3 is 2.81 bits per heavy atom. The molecule has 4 heteroatoms. The summed E-state index contributed by atoms with van der Waals surface area (Å²) in [6, 6.07) is 9.60. The van der Waals surface area contributed by atoms with E-state index in [4.69, 9.17) is 0 Å². The van der Waals surface area contributed by atoms with Crippen molar-refractivity contribution < 1.29 is 0 Å². The molecule has 0 saturated carbocycles. The fourth-order valence-corrected chi connectivity index (χ4v) is 3.82. The minimum atomic E-state index is 0.411. The Labute approximate surface area is 137 Å². The number of hydrogen-bond donors (Lipinski definition) is 1. The highest BCUT2D eigenvalue weighted by molar-refractivity contribution is 9.10. The maximum atomic E-state index is 3.68. The van der Waals surface area contributed by atoms with Gasteiger partial charge in [0.15, 0.2) is 0 Å². The number of hydrogen-bond acceptors (Lipinski definition) is 3. The second kappa shape index (κ2) is 8.28. The number of halogens is 1. The molecule has 2 unspecified atom stereocenters. The number of rotatable bonds is 5. The van der Waals surface area contributed by atoms with Gasteiger partial charge in [-0.2, -0.15) is 0 Å². The van der Waals surface area contributed by atoms with Gasteiger partial charge >= 0.3 is 0 Å². The number of benzene rings is 1. The summed E-state index contributed by atoms with van der Waals surface area (Å²) in [5.74, 6) is 0. The molecule has 1 N–H and O–H groups in total. The van der Waals surface area contributed by atoms with E-state index in [1.54, 1.807) is 0 Å². The van der Waals surface area contributed by atoms with Crippen LogP contribution in [0, 0.1) is 0 Å². The topological polar surface area (TPSA) is 18.5 Å². The lowest BCUT2D eigenvalue weighted by Gasteiger charge is -2.29. The SMILES string of the molecule is CNC(CCN1CCCN(C)CC1C)c1ccccc1Br. The number of nitrogens with zero attached hydrogens (tertiary/aromatic N) is 2. The third kappa shape index (κ3) is 4.78. The molecule has 1 aromatic carbocycles. The van der Waals surface area contributed by atoms with Gasteiger partial charge in [-0.1, -0.05) is 34.1 Å². The van der Waals surface area contributed by atoms with Crippen LogP contribution in [0.4, 0.5) is 0 Å². The summed E-state index contributed by atoms with van der Waals surface area (Å²) >= 11 is 3.68. The Bertz CT molecular complexity index is 438. The van der Waals surface area contributed by atoms with Gasteiger partial charge in [0.05, 0.1) is 0 Å². The molecule has 0 radical (unpaired) electrons. The average molecular weight is 354 g/mol. The highest BCUT2D eigenvalue weighted by Gasteiger charge is 2.21. The number of nitrogens with one attached hydrogen (secondary N) is 1. The molecule has 1 aliphatic heterocycles. The molecule has 2 atom stereocenters. The van der Waals surface area contributed by atoms with Gasteiger partial charge in [-0.25, -0.2) is 0 Å². The van der Waals surface area contributed by atoms with Crippen molar-refractivity contribution in [1.29, 1.82) is 0 Å². The molecule has 1 fully saturated rings. The van der Waals surface area contributed by atoms with Crippen LogP contribution < -0.4 is 5.32 Å². The van der Waals surface area contributed by atoms with Crippen molar-refractivity contribution in [3.8, 4) is 0 Å². The van der Waals surface area contributed by atoms with Crippen LogP contribution in [0.5, 0.6) is 0 Å². The second-order valence-electron chi connectivity index (χ2n) is 6.15. The summed E-state index contributed by atoms with van der Waals surface area (Å²) in [5.41, 5.74) is 1.36. The largest absolute Gasteiger partial charge is 0.313 e. The molecule has 0 aliphatic carbocycles. The predicted octanol–water partition coefficient (Wildman–Crippen LogP) is 3.13. The molecule has 0 bridgehead atoms. The average Bonchev–Trinajstić information content (AvgIpc) is 2.62. The van der Waals surface area contributed by atoms with Gasteiger partial charge in [-0.15, -0.1) is 0 Å². The van der Waals surface area contributed by atoms with Gasteiger partial charge < -0.3 is 10.2 Å². The van der Waals surface area contributed by atoms with Gasteiger partial charge in [0.1, 0.15) is 0 Å². The molecule has 1 heterocycles. The van der Waals surface area contributed by atoms with Gasteiger partial charge in [-0.3, -0.25) is 4.90 Å². The molecule has 118 valence electrons. The minimum Gasteiger partial charge on any atom is -0.313 e. The van der Waals surface area contributed by atoms with Crippen molar-refractivity contribution in [2.75, 3.05) is 40.3 Å². The van der Waals surface area contributed by atoms with Gasteiger partial charge in [0.2, 0.25) is 0 Å². The van der Waals surface area contributed by atoms with Crippen LogP contribution in [-0.4, -0.2) is 56.1 Å². The van der Waals surface area contributed by atoms with Crippen molar-refractivity contribution in [1.82, 2.24) is 15.1 Å². The molecule has 0 amide bonds. The zero-order valence-corrected chi connectivity index (χ0v) is 15.1. The summed E-state index contributed by atoms with van der Waals surface area (Å²) in [6.45, 7) is 7.13. The lowest BCUT2D eigenvalue weighted by atomic mass is 10.0. The lowest BCUT2D eigenvalue weighted by molar-refractivity contribution is 0.193. The Morgan fingerprint density at radius 2 is 2.10 bits per heavy atom. The summed E-state index contributed by atoms with van der Waals surface area (Å²) < 4.78 is 1.20. The van der Waals surface area contributed by atoms with E-state index in [0.717, 1.165) is 13.0 Å². The molecule has 1 aliphatic rings. The second-order valence-corrected chi connectivity index (χ2v) is 7.01. The number of likely N-dealkylation sites (N-methyl/N-ethyl adjacent to an activating group) is 1. The van der Waals surface area contributed by atoms with E-state index < -0.39 is 0 Å². The van der Waals surface area contributed by atoms with Crippen LogP contribution in [0.3, 0.4) is 0 Å². The van der Waals surface area contributed by atoms with Crippen LogP contribution in [0.25, 0.3) is 0 Å². The van der Waals surface area contributed by atoms with E-state index in [-0.39, 0.29) is 0 Å². The van der Waals surface area contributed by atoms with E-state index in [1.807, 2.05) is 0 Å². The Kier molecular flexibility index (Phi) is 6.68. The zero-order chi connectivity index (χ0) is 15.2. The van der Waals surface area contributed by atoms with E-state index >= 15 is 0 Å². The Hall–Kier alpha value is -0.420. The molecule has 21 heavy (non-hydrogen) atoms. The van der Waals surface area contributed by atoms with Crippen LogP contribution in [0.2, 0.25) is 0 Å². The van der Waals surface area contributed by atoms with Gasteiger partial charge in [-0.05, 0) is 58.6 Å². The predicted molar refractivity (Wildman–Crippen MR) is 93.7 cm³/mol. The first-order valence-electron chi connectivity index (χ1n) is 7.96. The van der Waals surface area contributed by atoms with Crippen molar-refractivity contribution in [2.45, 2.75) is 31.8 Å². The van der Waals surface area contributed by atoms with Crippen LogP contribution >= 0.6 is 15.9 Å². The summed E-state index contributed by atoms with van der Waals surface area (Å²) in [4.78, 5) is 5.10. The van der Waals surface area contributed by atoms with Crippen molar-refractivity contribution in [3.05, 3.63) is 34.3 Å². The first-order valence-corrected chi connectivity index (χ1v) is 8.75. The van der Waals surface area contributed by atoms with Crippen molar-refractivity contribution in [2.24, 2.45) is 0 Å². The standard InChI is InChI=1S/C17H28BrN3/c1-14-13-20(3)10-6-11-21(14)12-9-17(19-2)15-7-4-5-8-16(15)18/h4-5,7-8,14,17,19H,6,9-13H2,1-3H3. The van der Waals surface area contributed by atoms with Crippen LogP contribution in [0.1, 0.15) is 31.4 Å². The zero-order valence-electron chi connectivity index (χ0n) is 13.5. The van der Waals surface area contributed by atoms with Crippen LogP contribution in [-0.2, 0) is 0 Å². The molecule has 0 aromatic heterocycles. The molecule has 1 saturated heterocycles. The molecular formula is C17H28BrN3. The molecule has 2 rings (SSSR count). The summed E-state index contributed by atoms with van der Waals surface area (Å²) in [6.07, 6.45) is 2.42. The fourth-order valence-electron chi connectivity index (χ4n) is 3.26. The summed E-state index contributed by atoms with van der Waals surface area (Å²) in [7, 11) is 4.29. The first kappa shape index (κ1) is 16.9. The maximum absolute atomic E-state index is 3.68.